The van der Waals surface area contributed by atoms with Crippen LogP contribution in [0.2, 0.25) is 0 Å². The van der Waals surface area contributed by atoms with Crippen molar-refractivity contribution in [1.29, 1.82) is 0 Å². The second-order valence-corrected chi connectivity index (χ2v) is 5.93. The summed E-state index contributed by atoms with van der Waals surface area (Å²) >= 11 is 9.53. The Balaban J connectivity index is -0.000000367. The monoisotopic (exact) mass is 392 g/mol. The van der Waals surface area contributed by atoms with Crippen LogP contribution in [0.1, 0.15) is 20.8 Å². The number of ether oxygens (including phenoxy) is 3. The fourth-order valence-corrected chi connectivity index (χ4v) is 0.994. The quantitative estimate of drug-likeness (QED) is 0.337. The second kappa shape index (κ2) is 22.6. The van der Waals surface area contributed by atoms with Crippen LogP contribution in [0.4, 0.5) is 4.79 Å². The maximum atomic E-state index is 11.1. The molecule has 0 saturated heterocycles. The molecule has 0 aromatic rings. The number of nitrogens with one attached hydrogen (secondary N) is 1. The first kappa shape index (κ1) is 28.5. The Morgan fingerprint density at radius 1 is 0.917 bits per heavy atom. The standard InChI is InChI=1S/C9H20N2O3.C4H12N2O.CH2Cl2/c1-9(2,3)14-8(12)11-5-7-13-6-4-10;5-1-3-7-4-2-6;2-1-3/h4-7,10H2,1-3H3,(H,11,12);1-6H2;1H2. The Labute approximate surface area is 155 Å². The third kappa shape index (κ3) is 37.7. The molecule has 10 heteroatoms. The molecular weight excluding hydrogens is 359 g/mol. The van der Waals surface area contributed by atoms with Crippen LogP contribution < -0.4 is 22.5 Å². The highest BCUT2D eigenvalue weighted by molar-refractivity contribution is 6.40. The van der Waals surface area contributed by atoms with Gasteiger partial charge in [-0.1, -0.05) is 0 Å². The number of hydrogen-bond donors (Lipinski definition) is 4. The number of carbonyl (C=O) groups is 1. The van der Waals surface area contributed by atoms with E-state index < -0.39 is 11.7 Å². The van der Waals surface area contributed by atoms with Crippen LogP contribution in [0, 0.1) is 0 Å². The maximum Gasteiger partial charge on any atom is 0.407 e. The van der Waals surface area contributed by atoms with E-state index in [0.717, 1.165) is 0 Å². The van der Waals surface area contributed by atoms with Crippen molar-refractivity contribution in [1.82, 2.24) is 5.32 Å². The fraction of sp³-hybridized carbons (Fsp3) is 0.929. The number of rotatable bonds is 9. The van der Waals surface area contributed by atoms with Gasteiger partial charge in [0.15, 0.2) is 0 Å². The first-order valence-electron chi connectivity index (χ1n) is 7.63. The normalized spacial score (nSPS) is 10.0. The summed E-state index contributed by atoms with van der Waals surface area (Å²) in [6.45, 7) is 9.76. The van der Waals surface area contributed by atoms with Gasteiger partial charge >= 0.3 is 6.09 Å². The highest BCUT2D eigenvalue weighted by Crippen LogP contribution is 2.05. The molecule has 0 aromatic carbocycles. The van der Waals surface area contributed by atoms with Gasteiger partial charge in [-0.15, -0.1) is 23.2 Å². The van der Waals surface area contributed by atoms with Crippen LogP contribution in [-0.2, 0) is 14.2 Å². The van der Waals surface area contributed by atoms with E-state index in [-0.39, 0.29) is 5.34 Å². The highest BCUT2D eigenvalue weighted by Gasteiger charge is 2.15. The zero-order valence-electron chi connectivity index (χ0n) is 15.0. The molecule has 0 bridgehead atoms. The molecule has 0 spiro atoms. The van der Waals surface area contributed by atoms with E-state index in [9.17, 15) is 4.79 Å². The van der Waals surface area contributed by atoms with Crippen molar-refractivity contribution < 1.29 is 19.0 Å². The van der Waals surface area contributed by atoms with Crippen molar-refractivity contribution in [3.63, 3.8) is 0 Å². The van der Waals surface area contributed by atoms with Crippen LogP contribution in [0.15, 0.2) is 0 Å². The summed E-state index contributed by atoms with van der Waals surface area (Å²) in [7, 11) is 0. The van der Waals surface area contributed by atoms with Gasteiger partial charge in [0.05, 0.1) is 31.8 Å². The largest absolute Gasteiger partial charge is 0.444 e. The number of halogens is 2. The Hall–Kier alpha value is -0.350. The molecule has 8 nitrogen and oxygen atoms in total. The van der Waals surface area contributed by atoms with Gasteiger partial charge in [0, 0.05) is 26.2 Å². The minimum atomic E-state index is -0.456. The topological polar surface area (TPSA) is 135 Å². The summed E-state index contributed by atoms with van der Waals surface area (Å²) in [6.07, 6.45) is -0.422. The Kier molecular flexibility index (Phi) is 26.9. The van der Waals surface area contributed by atoms with Gasteiger partial charge in [-0.25, -0.2) is 4.79 Å². The Morgan fingerprint density at radius 2 is 1.29 bits per heavy atom. The van der Waals surface area contributed by atoms with E-state index in [1.807, 2.05) is 20.8 Å². The van der Waals surface area contributed by atoms with Gasteiger partial charge in [0.2, 0.25) is 0 Å². The van der Waals surface area contributed by atoms with Crippen molar-refractivity contribution in [2.24, 2.45) is 17.2 Å². The number of alkyl halides is 2. The molecule has 0 fully saturated rings. The summed E-state index contributed by atoms with van der Waals surface area (Å²) < 4.78 is 15.0. The molecule has 1 amide bonds. The predicted molar refractivity (Wildman–Crippen MR) is 99.6 cm³/mol. The smallest absolute Gasteiger partial charge is 0.407 e. The van der Waals surface area contributed by atoms with Crippen LogP contribution in [0.3, 0.4) is 0 Å². The Morgan fingerprint density at radius 3 is 1.62 bits per heavy atom. The molecule has 0 aromatic heterocycles. The van der Waals surface area contributed by atoms with Gasteiger partial charge in [-0.3, -0.25) is 0 Å². The molecule has 0 radical (unpaired) electrons. The summed E-state index contributed by atoms with van der Waals surface area (Å²) in [5.41, 5.74) is 15.0. The van der Waals surface area contributed by atoms with Crippen molar-refractivity contribution in [2.45, 2.75) is 26.4 Å². The van der Waals surface area contributed by atoms with Crippen molar-refractivity contribution in [3.8, 4) is 0 Å². The SMILES string of the molecule is CC(C)(C)OC(=O)NCCOCCN.ClCCl.NCCOCCN. The molecule has 0 saturated carbocycles. The van der Waals surface area contributed by atoms with Crippen molar-refractivity contribution >= 4 is 29.3 Å². The first-order chi connectivity index (χ1) is 11.3. The van der Waals surface area contributed by atoms with Gasteiger partial charge in [-0.2, -0.15) is 0 Å². The second-order valence-electron chi connectivity index (χ2n) is 5.12. The molecule has 0 aliphatic rings. The average Bonchev–Trinajstić information content (AvgIpc) is 2.47. The Bertz CT molecular complexity index is 253. The molecular formula is C14H34Cl2N4O4. The number of hydrogen-bond acceptors (Lipinski definition) is 7. The first-order valence-corrected chi connectivity index (χ1v) is 8.70. The zero-order valence-corrected chi connectivity index (χ0v) is 16.5. The van der Waals surface area contributed by atoms with Gasteiger partial charge in [0.25, 0.3) is 0 Å². The lowest BCUT2D eigenvalue weighted by Gasteiger charge is -2.19. The number of carbonyl (C=O) groups excluding carboxylic acids is 1. The van der Waals surface area contributed by atoms with Gasteiger partial charge in [0.1, 0.15) is 5.60 Å². The van der Waals surface area contributed by atoms with Crippen molar-refractivity contribution in [3.05, 3.63) is 0 Å². The van der Waals surface area contributed by atoms with Gasteiger partial charge < -0.3 is 36.7 Å². The number of nitrogens with two attached hydrogens (primary N) is 3. The third-order valence-electron chi connectivity index (χ3n) is 1.70. The molecule has 0 aliphatic heterocycles. The molecule has 0 unspecified atom stereocenters. The van der Waals surface area contributed by atoms with E-state index in [0.29, 0.717) is 52.6 Å². The molecule has 7 N–H and O–H groups in total. The number of amides is 1. The summed E-state index contributed by atoms with van der Waals surface area (Å²) in [6, 6.07) is 0. The lowest BCUT2D eigenvalue weighted by molar-refractivity contribution is 0.0501. The summed E-state index contributed by atoms with van der Waals surface area (Å²) in [5.74, 6) is 0. The molecule has 0 heterocycles. The zero-order chi connectivity index (χ0) is 19.3. The van der Waals surface area contributed by atoms with Crippen molar-refractivity contribution in [2.75, 3.05) is 57.9 Å². The lowest BCUT2D eigenvalue weighted by atomic mass is 10.2. The average molecular weight is 393 g/mol. The summed E-state index contributed by atoms with van der Waals surface area (Å²) in [4.78, 5) is 11.1. The van der Waals surface area contributed by atoms with E-state index in [1.54, 1.807) is 0 Å². The predicted octanol–water partition coefficient (Wildman–Crippen LogP) is 0.828. The molecule has 148 valence electrons. The lowest BCUT2D eigenvalue weighted by Crippen LogP contribution is -2.34. The van der Waals surface area contributed by atoms with Crippen LogP contribution >= 0.6 is 23.2 Å². The summed E-state index contributed by atoms with van der Waals surface area (Å²) in [5, 5.41) is 2.77. The number of alkyl carbamates (subject to hydrolysis) is 1. The molecule has 24 heavy (non-hydrogen) atoms. The van der Waals surface area contributed by atoms with E-state index in [4.69, 9.17) is 54.6 Å². The maximum absolute atomic E-state index is 11.1. The third-order valence-corrected chi connectivity index (χ3v) is 1.70. The fourth-order valence-electron chi connectivity index (χ4n) is 0.994. The molecule has 0 aliphatic carbocycles. The molecule has 0 rings (SSSR count). The minimum Gasteiger partial charge on any atom is -0.444 e. The van der Waals surface area contributed by atoms with Crippen LogP contribution in [-0.4, -0.2) is 69.6 Å². The highest BCUT2D eigenvalue weighted by atomic mass is 35.5. The van der Waals surface area contributed by atoms with Crippen LogP contribution in [0.25, 0.3) is 0 Å². The van der Waals surface area contributed by atoms with Crippen LogP contribution in [0.5, 0.6) is 0 Å². The van der Waals surface area contributed by atoms with E-state index >= 15 is 0 Å². The van der Waals surface area contributed by atoms with Gasteiger partial charge in [-0.05, 0) is 20.8 Å². The van der Waals surface area contributed by atoms with E-state index in [1.165, 1.54) is 0 Å². The minimum absolute atomic E-state index is 0.194. The van der Waals surface area contributed by atoms with E-state index in [2.05, 4.69) is 5.32 Å². The molecule has 0 atom stereocenters.